The number of unbranched alkanes of at least 4 members (excludes halogenated alkanes) is 1. The zero-order valence-electron chi connectivity index (χ0n) is 19.4. The van der Waals surface area contributed by atoms with Gasteiger partial charge in [0.1, 0.15) is 46.1 Å². The maximum atomic E-state index is 5.97. The van der Waals surface area contributed by atoms with Gasteiger partial charge in [-0.15, -0.1) is 0 Å². The maximum absolute atomic E-state index is 5.97. The van der Waals surface area contributed by atoms with Crippen LogP contribution in [0.1, 0.15) is 83.6 Å². The van der Waals surface area contributed by atoms with Crippen LogP contribution in [0.15, 0.2) is 66.2 Å². The second-order valence-electron chi connectivity index (χ2n) is 8.42. The van der Waals surface area contributed by atoms with Gasteiger partial charge in [-0.05, 0) is 61.4 Å². The van der Waals surface area contributed by atoms with Crippen molar-refractivity contribution in [3.05, 3.63) is 94.6 Å². The molecule has 182 valence electrons. The molecule has 0 aliphatic heterocycles. The maximum Gasteiger partial charge on any atom is 0.117 e. The van der Waals surface area contributed by atoms with E-state index >= 15 is 0 Å². The molecule has 0 fully saturated rings. The molecular weight excluding hydrogens is 432 g/mol. The van der Waals surface area contributed by atoms with E-state index in [1.165, 1.54) is 0 Å². The smallest absolute Gasteiger partial charge is 0.117 e. The van der Waals surface area contributed by atoms with Gasteiger partial charge in [-0.1, -0.05) is 12.8 Å². The fourth-order valence-electron chi connectivity index (χ4n) is 4.31. The van der Waals surface area contributed by atoms with Crippen LogP contribution in [0.3, 0.4) is 0 Å². The van der Waals surface area contributed by atoms with Gasteiger partial charge in [0.05, 0.1) is 38.0 Å². The Morgan fingerprint density at radius 3 is 0.912 bits per heavy atom. The molecule has 0 aromatic carbocycles. The minimum atomic E-state index is -0.000962. The molecule has 0 radical (unpaired) electrons. The molecule has 0 bridgehead atoms. The molecule has 8 nitrogen and oxygen atoms in total. The van der Waals surface area contributed by atoms with Crippen molar-refractivity contribution >= 4 is 0 Å². The molecule has 0 saturated carbocycles. The van der Waals surface area contributed by atoms with Crippen LogP contribution in [0.2, 0.25) is 0 Å². The Bertz CT molecular complexity index is 980. The summed E-state index contributed by atoms with van der Waals surface area (Å²) in [5, 5.41) is 0. The summed E-state index contributed by atoms with van der Waals surface area (Å²) >= 11 is 0. The molecule has 0 atom stereocenters. The van der Waals surface area contributed by atoms with Gasteiger partial charge in [-0.3, -0.25) is 0 Å². The van der Waals surface area contributed by atoms with Crippen LogP contribution in [0.4, 0.5) is 0 Å². The van der Waals surface area contributed by atoms with Gasteiger partial charge in [0, 0.05) is 0 Å². The molecule has 0 saturated heterocycles. The van der Waals surface area contributed by atoms with Crippen molar-refractivity contribution in [2.75, 3.05) is 0 Å². The minimum absolute atomic E-state index is 0.000962. The van der Waals surface area contributed by atoms with Gasteiger partial charge in [-0.25, -0.2) is 0 Å². The second kappa shape index (κ2) is 11.4. The Hall–Kier alpha value is -3.04. The average Bonchev–Trinajstić information content (AvgIpc) is 3.68. The van der Waals surface area contributed by atoms with Gasteiger partial charge in [0.15, 0.2) is 0 Å². The van der Waals surface area contributed by atoms with Crippen molar-refractivity contribution in [3.8, 4) is 0 Å². The van der Waals surface area contributed by atoms with E-state index in [9.17, 15) is 0 Å². The molecule has 34 heavy (non-hydrogen) atoms. The summed E-state index contributed by atoms with van der Waals surface area (Å²) in [5.74, 6) is 6.44. The summed E-state index contributed by atoms with van der Waals surface area (Å²) < 4.78 is 23.9. The highest BCUT2D eigenvalue weighted by molar-refractivity contribution is 5.24. The summed E-state index contributed by atoms with van der Waals surface area (Å²) in [4.78, 5) is 0. The fraction of sp³-hybridized carbons (Fsp3) is 0.385. The van der Waals surface area contributed by atoms with Crippen LogP contribution in [0.5, 0.6) is 0 Å². The van der Waals surface area contributed by atoms with Crippen molar-refractivity contribution in [2.24, 2.45) is 22.9 Å². The standard InChI is InChI=1S/C26H34N4O4/c27-13-17-5-9-23(31-17)21(24-10-6-18(14-28)32-24)3-1-2-4-22(25-11-7-19(15-29)33-25)26-12-8-20(16-30)34-26/h5-12,21-22H,1-4,13-16,27-30H2. The van der Waals surface area contributed by atoms with Crippen LogP contribution >= 0.6 is 0 Å². The third-order valence-electron chi connectivity index (χ3n) is 6.14. The molecule has 0 aliphatic rings. The average molecular weight is 467 g/mol. The first-order valence-corrected chi connectivity index (χ1v) is 11.8. The van der Waals surface area contributed by atoms with Gasteiger partial charge in [0.2, 0.25) is 0 Å². The molecule has 4 aromatic heterocycles. The molecule has 4 heterocycles. The van der Waals surface area contributed by atoms with E-state index in [0.29, 0.717) is 26.2 Å². The van der Waals surface area contributed by atoms with Crippen LogP contribution in [-0.2, 0) is 26.2 Å². The molecule has 0 aliphatic carbocycles. The first-order valence-electron chi connectivity index (χ1n) is 11.8. The van der Waals surface area contributed by atoms with Crippen molar-refractivity contribution in [3.63, 3.8) is 0 Å². The highest BCUT2D eigenvalue weighted by Crippen LogP contribution is 2.36. The Labute approximate surface area is 199 Å². The van der Waals surface area contributed by atoms with E-state index in [2.05, 4.69) is 0 Å². The summed E-state index contributed by atoms with van der Waals surface area (Å²) in [5.41, 5.74) is 23.0. The third-order valence-corrected chi connectivity index (χ3v) is 6.14. The lowest BCUT2D eigenvalue weighted by molar-refractivity contribution is 0.367. The van der Waals surface area contributed by atoms with Gasteiger partial charge in [-0.2, -0.15) is 0 Å². The lowest BCUT2D eigenvalue weighted by Crippen LogP contribution is -2.03. The second-order valence-corrected chi connectivity index (χ2v) is 8.42. The van der Waals surface area contributed by atoms with Crippen molar-refractivity contribution in [1.82, 2.24) is 0 Å². The Morgan fingerprint density at radius 2 is 0.706 bits per heavy atom. The normalized spacial score (nSPS) is 11.8. The molecule has 0 unspecified atom stereocenters. The number of hydrogen-bond donors (Lipinski definition) is 4. The highest BCUT2D eigenvalue weighted by Gasteiger charge is 2.24. The first kappa shape index (κ1) is 24.1. The van der Waals surface area contributed by atoms with Crippen molar-refractivity contribution < 1.29 is 17.7 Å². The van der Waals surface area contributed by atoms with Gasteiger partial charge < -0.3 is 40.6 Å². The molecule has 4 rings (SSSR count). The molecule has 4 aromatic rings. The summed E-state index contributed by atoms with van der Waals surface area (Å²) in [6.07, 6.45) is 3.63. The lowest BCUT2D eigenvalue weighted by Gasteiger charge is -2.15. The molecular formula is C26H34N4O4. The van der Waals surface area contributed by atoms with Crippen LogP contribution < -0.4 is 22.9 Å². The Balaban J connectivity index is 1.46. The minimum Gasteiger partial charge on any atom is -0.464 e. The predicted molar refractivity (Wildman–Crippen MR) is 129 cm³/mol. The largest absolute Gasteiger partial charge is 0.464 e. The molecule has 8 heteroatoms. The van der Waals surface area contributed by atoms with E-state index in [-0.39, 0.29) is 11.8 Å². The van der Waals surface area contributed by atoms with E-state index in [1.807, 2.05) is 48.5 Å². The van der Waals surface area contributed by atoms with Crippen LogP contribution in [0, 0.1) is 0 Å². The van der Waals surface area contributed by atoms with E-state index < -0.39 is 0 Å². The van der Waals surface area contributed by atoms with Crippen molar-refractivity contribution in [2.45, 2.75) is 63.7 Å². The number of nitrogens with two attached hydrogens (primary N) is 4. The fourth-order valence-corrected chi connectivity index (χ4v) is 4.31. The van der Waals surface area contributed by atoms with E-state index in [1.54, 1.807) is 0 Å². The SMILES string of the molecule is NCc1ccc(C(CCCCC(c2ccc(CN)o2)c2ccc(CN)o2)c2ccc(CN)o2)o1. The molecule has 8 N–H and O–H groups in total. The van der Waals surface area contributed by atoms with E-state index in [4.69, 9.17) is 40.6 Å². The van der Waals surface area contributed by atoms with Gasteiger partial charge >= 0.3 is 0 Å². The van der Waals surface area contributed by atoms with E-state index in [0.717, 1.165) is 71.8 Å². The zero-order chi connectivity index (χ0) is 23.9. The van der Waals surface area contributed by atoms with Crippen LogP contribution in [-0.4, -0.2) is 0 Å². The Morgan fingerprint density at radius 1 is 0.441 bits per heavy atom. The predicted octanol–water partition coefficient (Wildman–Crippen LogP) is 4.42. The monoisotopic (exact) mass is 466 g/mol. The highest BCUT2D eigenvalue weighted by atomic mass is 16.4. The quantitative estimate of drug-likeness (QED) is 0.211. The number of hydrogen-bond acceptors (Lipinski definition) is 8. The Kier molecular flexibility index (Phi) is 8.08. The van der Waals surface area contributed by atoms with Crippen molar-refractivity contribution in [1.29, 1.82) is 0 Å². The van der Waals surface area contributed by atoms with Gasteiger partial charge in [0.25, 0.3) is 0 Å². The summed E-state index contributed by atoms with van der Waals surface area (Å²) in [6.45, 7) is 1.45. The third kappa shape index (κ3) is 5.53. The first-order chi connectivity index (χ1) is 16.6. The zero-order valence-corrected chi connectivity index (χ0v) is 19.4. The molecule has 0 spiro atoms. The number of furan rings is 4. The number of rotatable bonds is 13. The van der Waals surface area contributed by atoms with Crippen LogP contribution in [0.25, 0.3) is 0 Å². The topological polar surface area (TPSA) is 157 Å². The summed E-state index contributed by atoms with van der Waals surface area (Å²) in [7, 11) is 0. The summed E-state index contributed by atoms with van der Waals surface area (Å²) in [6, 6.07) is 15.6. The lowest BCUT2D eigenvalue weighted by atomic mass is 9.92. The molecule has 0 amide bonds.